The van der Waals surface area contributed by atoms with Gasteiger partial charge in [0.2, 0.25) is 0 Å². The van der Waals surface area contributed by atoms with Gasteiger partial charge in [-0.15, -0.1) is 12.4 Å². The van der Waals surface area contributed by atoms with E-state index in [4.69, 9.17) is 0 Å². The summed E-state index contributed by atoms with van der Waals surface area (Å²) in [7, 11) is 0. The van der Waals surface area contributed by atoms with Crippen LogP contribution in [0.1, 0.15) is 30.0 Å². The lowest BCUT2D eigenvalue weighted by Crippen LogP contribution is -2.14. The maximum atomic E-state index is 13.4. The van der Waals surface area contributed by atoms with Gasteiger partial charge in [-0.3, -0.25) is 0 Å². The number of halogens is 2. The first-order chi connectivity index (χ1) is 6.27. The molecule has 0 bridgehead atoms. The highest BCUT2D eigenvalue weighted by Crippen LogP contribution is 2.25. The number of aryl methyl sites for hydroxylation is 1. The van der Waals surface area contributed by atoms with Crippen LogP contribution in [0.4, 0.5) is 4.39 Å². The average molecular weight is 216 g/mol. The fourth-order valence-corrected chi connectivity index (χ4v) is 1.88. The fraction of sp³-hybridized carbons (Fsp3) is 0.455. The molecule has 1 heterocycles. The largest absolute Gasteiger partial charge is 0.310 e. The summed E-state index contributed by atoms with van der Waals surface area (Å²) >= 11 is 0. The monoisotopic (exact) mass is 215 g/mol. The Hall–Kier alpha value is -0.600. The van der Waals surface area contributed by atoms with Gasteiger partial charge in [-0.1, -0.05) is 17.7 Å². The lowest BCUT2D eigenvalue weighted by Gasteiger charge is -2.12. The zero-order valence-corrected chi connectivity index (χ0v) is 9.03. The number of hydrogen-bond donors (Lipinski definition) is 1. The second-order valence-corrected chi connectivity index (χ2v) is 3.67. The molecule has 1 fully saturated rings. The van der Waals surface area contributed by atoms with Gasteiger partial charge in [-0.25, -0.2) is 4.39 Å². The number of rotatable bonds is 1. The van der Waals surface area contributed by atoms with Crippen LogP contribution >= 0.6 is 12.4 Å². The third kappa shape index (κ3) is 2.25. The van der Waals surface area contributed by atoms with Crippen LogP contribution in [0.15, 0.2) is 18.2 Å². The third-order valence-electron chi connectivity index (χ3n) is 2.59. The Morgan fingerprint density at radius 2 is 2.21 bits per heavy atom. The molecule has 1 atom stereocenters. The van der Waals surface area contributed by atoms with E-state index in [1.165, 1.54) is 0 Å². The van der Waals surface area contributed by atoms with Crippen molar-refractivity contribution in [3.8, 4) is 0 Å². The second kappa shape index (κ2) is 4.76. The molecule has 1 N–H and O–H groups in total. The van der Waals surface area contributed by atoms with E-state index >= 15 is 0 Å². The third-order valence-corrected chi connectivity index (χ3v) is 2.59. The first kappa shape index (κ1) is 11.5. The van der Waals surface area contributed by atoms with Crippen molar-refractivity contribution in [2.24, 2.45) is 0 Å². The molecule has 0 unspecified atom stereocenters. The van der Waals surface area contributed by atoms with Gasteiger partial charge in [0, 0.05) is 11.6 Å². The topological polar surface area (TPSA) is 12.0 Å². The predicted octanol–water partition coefficient (Wildman–Crippen LogP) is 2.98. The second-order valence-electron chi connectivity index (χ2n) is 3.67. The molecule has 1 nitrogen and oxygen atoms in total. The molecule has 0 saturated carbocycles. The van der Waals surface area contributed by atoms with E-state index in [2.05, 4.69) is 5.32 Å². The zero-order valence-electron chi connectivity index (χ0n) is 8.22. The van der Waals surface area contributed by atoms with E-state index in [0.29, 0.717) is 0 Å². The molecule has 0 aliphatic carbocycles. The Balaban J connectivity index is 0.000000980. The Kier molecular flexibility index (Phi) is 3.90. The van der Waals surface area contributed by atoms with Gasteiger partial charge in [0.1, 0.15) is 5.82 Å². The summed E-state index contributed by atoms with van der Waals surface area (Å²) in [6.07, 6.45) is 2.21. The number of benzene rings is 1. The highest BCUT2D eigenvalue weighted by Gasteiger charge is 2.19. The molecular formula is C11H15ClFN. The molecule has 0 spiro atoms. The SMILES string of the molecule is Cc1ccc(F)c([C@@H]2CCCN2)c1.Cl. The minimum atomic E-state index is -0.0787. The zero-order chi connectivity index (χ0) is 9.26. The van der Waals surface area contributed by atoms with E-state index in [9.17, 15) is 4.39 Å². The maximum absolute atomic E-state index is 13.4. The minimum absolute atomic E-state index is 0. The van der Waals surface area contributed by atoms with Crippen LogP contribution in [0.5, 0.6) is 0 Å². The van der Waals surface area contributed by atoms with Crippen molar-refractivity contribution in [1.29, 1.82) is 0 Å². The minimum Gasteiger partial charge on any atom is -0.310 e. The summed E-state index contributed by atoms with van der Waals surface area (Å²) in [5.74, 6) is -0.0787. The summed E-state index contributed by atoms with van der Waals surface area (Å²) in [5.41, 5.74) is 1.96. The lowest BCUT2D eigenvalue weighted by molar-refractivity contribution is 0.558. The van der Waals surface area contributed by atoms with Crippen LogP contribution in [-0.2, 0) is 0 Å². The maximum Gasteiger partial charge on any atom is 0.127 e. The van der Waals surface area contributed by atoms with Crippen LogP contribution in [-0.4, -0.2) is 6.54 Å². The molecular weight excluding hydrogens is 201 g/mol. The van der Waals surface area contributed by atoms with Crippen molar-refractivity contribution in [2.45, 2.75) is 25.8 Å². The number of hydrogen-bond acceptors (Lipinski definition) is 1. The van der Waals surface area contributed by atoms with Crippen molar-refractivity contribution in [3.63, 3.8) is 0 Å². The molecule has 78 valence electrons. The summed E-state index contributed by atoms with van der Waals surface area (Å²) in [6, 6.07) is 5.55. The summed E-state index contributed by atoms with van der Waals surface area (Å²) in [5, 5.41) is 3.30. The van der Waals surface area contributed by atoms with Gasteiger partial charge < -0.3 is 5.32 Å². The van der Waals surface area contributed by atoms with E-state index in [1.54, 1.807) is 6.07 Å². The smallest absolute Gasteiger partial charge is 0.127 e. The van der Waals surface area contributed by atoms with Crippen LogP contribution in [0.25, 0.3) is 0 Å². The quantitative estimate of drug-likeness (QED) is 0.760. The van der Waals surface area contributed by atoms with E-state index < -0.39 is 0 Å². The van der Waals surface area contributed by atoms with Crippen LogP contribution in [0.3, 0.4) is 0 Å². The van der Waals surface area contributed by atoms with Crippen molar-refractivity contribution < 1.29 is 4.39 Å². The Bertz CT molecular complexity index is 308. The van der Waals surface area contributed by atoms with Gasteiger partial charge in [-0.05, 0) is 32.4 Å². The van der Waals surface area contributed by atoms with Gasteiger partial charge in [-0.2, -0.15) is 0 Å². The van der Waals surface area contributed by atoms with Crippen molar-refractivity contribution >= 4 is 12.4 Å². The molecule has 1 aromatic rings. The molecule has 2 rings (SSSR count). The molecule has 1 saturated heterocycles. The Morgan fingerprint density at radius 1 is 1.43 bits per heavy atom. The molecule has 1 aromatic carbocycles. The Morgan fingerprint density at radius 3 is 2.86 bits per heavy atom. The summed E-state index contributed by atoms with van der Waals surface area (Å²) < 4.78 is 13.4. The standard InChI is InChI=1S/C11H14FN.ClH/c1-8-4-5-10(12)9(7-8)11-3-2-6-13-11;/h4-5,7,11,13H,2-3,6H2,1H3;1H/t11-;/m0./s1. The van der Waals surface area contributed by atoms with Gasteiger partial charge in [0.05, 0.1) is 0 Å². The van der Waals surface area contributed by atoms with Crippen LogP contribution in [0.2, 0.25) is 0 Å². The first-order valence-electron chi connectivity index (χ1n) is 4.77. The normalized spacial score (nSPS) is 20.6. The average Bonchev–Trinajstić information content (AvgIpc) is 2.61. The molecule has 0 radical (unpaired) electrons. The highest BCUT2D eigenvalue weighted by atomic mass is 35.5. The number of nitrogens with one attached hydrogen (secondary N) is 1. The van der Waals surface area contributed by atoms with Crippen LogP contribution in [0, 0.1) is 12.7 Å². The van der Waals surface area contributed by atoms with Crippen molar-refractivity contribution in [3.05, 3.63) is 35.1 Å². The van der Waals surface area contributed by atoms with E-state index in [1.807, 2.05) is 19.1 Å². The highest BCUT2D eigenvalue weighted by molar-refractivity contribution is 5.85. The molecule has 1 aliphatic heterocycles. The van der Waals surface area contributed by atoms with Crippen molar-refractivity contribution in [1.82, 2.24) is 5.32 Å². The van der Waals surface area contributed by atoms with Gasteiger partial charge >= 0.3 is 0 Å². The summed E-state index contributed by atoms with van der Waals surface area (Å²) in [4.78, 5) is 0. The van der Waals surface area contributed by atoms with E-state index in [-0.39, 0.29) is 24.3 Å². The summed E-state index contributed by atoms with van der Waals surface area (Å²) in [6.45, 7) is 3.01. The fourth-order valence-electron chi connectivity index (χ4n) is 1.88. The van der Waals surface area contributed by atoms with Gasteiger partial charge in [0.15, 0.2) is 0 Å². The molecule has 14 heavy (non-hydrogen) atoms. The first-order valence-corrected chi connectivity index (χ1v) is 4.77. The van der Waals surface area contributed by atoms with Crippen molar-refractivity contribution in [2.75, 3.05) is 6.54 Å². The molecule has 3 heteroatoms. The lowest BCUT2D eigenvalue weighted by atomic mass is 10.0. The Labute approximate surface area is 90.1 Å². The van der Waals surface area contributed by atoms with E-state index in [0.717, 1.165) is 30.5 Å². The van der Waals surface area contributed by atoms with Crippen LogP contribution < -0.4 is 5.32 Å². The molecule has 1 aliphatic rings. The molecule has 0 aromatic heterocycles. The predicted molar refractivity (Wildman–Crippen MR) is 58.4 cm³/mol. The van der Waals surface area contributed by atoms with Gasteiger partial charge in [0.25, 0.3) is 0 Å². The molecule has 0 amide bonds.